The molecule has 0 saturated heterocycles. The van der Waals surface area contributed by atoms with E-state index in [0.717, 1.165) is 18.4 Å². The Morgan fingerprint density at radius 1 is 1.00 bits per heavy atom. The van der Waals surface area contributed by atoms with Gasteiger partial charge in [0.05, 0.1) is 15.5 Å². The highest BCUT2D eigenvalue weighted by molar-refractivity contribution is 7.92. The van der Waals surface area contributed by atoms with E-state index in [1.807, 2.05) is 24.3 Å². The highest BCUT2D eigenvalue weighted by atomic mass is 32.2. The van der Waals surface area contributed by atoms with Crippen LogP contribution in [-0.2, 0) is 21.2 Å². The number of non-ortho nitro benzene ring substituents is 1. The van der Waals surface area contributed by atoms with Gasteiger partial charge in [0.25, 0.3) is 15.7 Å². The van der Waals surface area contributed by atoms with E-state index in [9.17, 15) is 23.3 Å². The second kappa shape index (κ2) is 9.25. The number of aryl methyl sites for hydroxylation is 1. The van der Waals surface area contributed by atoms with Crippen molar-refractivity contribution in [2.75, 3.05) is 16.2 Å². The van der Waals surface area contributed by atoms with Gasteiger partial charge in [0.1, 0.15) is 0 Å². The molecule has 0 saturated carbocycles. The van der Waals surface area contributed by atoms with E-state index in [0.29, 0.717) is 23.5 Å². The minimum atomic E-state index is -3.72. The lowest BCUT2D eigenvalue weighted by Gasteiger charge is -2.30. The summed E-state index contributed by atoms with van der Waals surface area (Å²) in [4.78, 5) is 22.5. The minimum Gasteiger partial charge on any atom is -0.323 e. The van der Waals surface area contributed by atoms with E-state index in [1.165, 1.54) is 40.7 Å². The number of sulfonamides is 1. The van der Waals surface area contributed by atoms with E-state index in [-0.39, 0.29) is 10.6 Å². The average molecular weight is 464 g/mol. The van der Waals surface area contributed by atoms with Crippen LogP contribution in [0, 0.1) is 10.1 Å². The average Bonchev–Trinajstić information content (AvgIpc) is 2.83. The SMILES string of the molecule is O=C(/C=C/c1ccc([N+](=O)[O-])cc1)Nc1ccc(S(=O)(=O)N2CCCc3ccccc32)cc1. The molecule has 0 fully saturated rings. The number of rotatable bonds is 6. The molecule has 0 radical (unpaired) electrons. The zero-order valence-electron chi connectivity index (χ0n) is 17.5. The molecule has 0 aliphatic carbocycles. The fraction of sp³-hybridized carbons (Fsp3) is 0.125. The van der Waals surface area contributed by atoms with Crippen LogP contribution in [0.1, 0.15) is 17.5 Å². The number of nitrogens with one attached hydrogen (secondary N) is 1. The summed E-state index contributed by atoms with van der Waals surface area (Å²) in [6.07, 6.45) is 4.44. The number of amides is 1. The molecule has 33 heavy (non-hydrogen) atoms. The molecule has 3 aromatic rings. The predicted octanol–water partition coefficient (Wildman–Crippen LogP) is 4.39. The molecule has 0 unspecified atom stereocenters. The van der Waals surface area contributed by atoms with Gasteiger partial charge >= 0.3 is 0 Å². The van der Waals surface area contributed by atoms with Gasteiger partial charge in [-0.25, -0.2) is 8.42 Å². The zero-order chi connectivity index (χ0) is 23.4. The Morgan fingerprint density at radius 3 is 2.39 bits per heavy atom. The van der Waals surface area contributed by atoms with Gasteiger partial charge in [-0.05, 0) is 72.5 Å². The summed E-state index contributed by atoms with van der Waals surface area (Å²) in [6, 6.07) is 19.3. The summed E-state index contributed by atoms with van der Waals surface area (Å²) in [6.45, 7) is 0.422. The fourth-order valence-electron chi connectivity index (χ4n) is 3.65. The maximum atomic E-state index is 13.2. The number of carbonyl (C=O) groups excluding carboxylic acids is 1. The molecule has 3 aromatic carbocycles. The molecule has 0 atom stereocenters. The number of benzene rings is 3. The molecule has 0 bridgehead atoms. The number of carbonyl (C=O) groups is 1. The molecule has 1 aliphatic rings. The number of hydrogen-bond donors (Lipinski definition) is 1. The molecule has 1 aliphatic heterocycles. The summed E-state index contributed by atoms with van der Waals surface area (Å²) < 4.78 is 27.8. The minimum absolute atomic E-state index is 0.0281. The summed E-state index contributed by atoms with van der Waals surface area (Å²) >= 11 is 0. The third kappa shape index (κ3) is 4.93. The zero-order valence-corrected chi connectivity index (χ0v) is 18.4. The lowest BCUT2D eigenvalue weighted by Crippen LogP contribution is -2.35. The highest BCUT2D eigenvalue weighted by Gasteiger charge is 2.28. The number of nitro benzene ring substituents is 1. The van der Waals surface area contributed by atoms with Crippen molar-refractivity contribution in [1.29, 1.82) is 0 Å². The third-order valence-corrected chi connectivity index (χ3v) is 7.14. The standard InChI is InChI=1S/C24H21N3O5S/c28-24(16-9-18-7-12-21(13-8-18)27(29)30)25-20-10-14-22(15-11-20)33(31,32)26-17-3-5-19-4-1-2-6-23(19)26/h1-2,4,6-16H,3,5,17H2,(H,25,28)/b16-9+. The highest BCUT2D eigenvalue weighted by Crippen LogP contribution is 2.32. The first kappa shape index (κ1) is 22.2. The molecule has 1 N–H and O–H groups in total. The van der Waals surface area contributed by atoms with E-state index in [1.54, 1.807) is 24.3 Å². The third-order valence-electron chi connectivity index (χ3n) is 5.31. The Labute approximate surface area is 191 Å². The summed E-state index contributed by atoms with van der Waals surface area (Å²) in [5.41, 5.74) is 2.78. The smallest absolute Gasteiger partial charge is 0.269 e. The summed E-state index contributed by atoms with van der Waals surface area (Å²) in [5.74, 6) is -0.408. The molecule has 9 heteroatoms. The molecule has 168 valence electrons. The van der Waals surface area contributed by atoms with Gasteiger partial charge in [0.2, 0.25) is 5.91 Å². The van der Waals surface area contributed by atoms with Crippen molar-refractivity contribution < 1.29 is 18.1 Å². The van der Waals surface area contributed by atoms with Crippen molar-refractivity contribution in [2.45, 2.75) is 17.7 Å². The molecule has 0 spiro atoms. The van der Waals surface area contributed by atoms with Gasteiger partial charge in [-0.2, -0.15) is 0 Å². The quantitative estimate of drug-likeness (QED) is 0.331. The van der Waals surface area contributed by atoms with Gasteiger partial charge in [-0.1, -0.05) is 18.2 Å². The molecule has 0 aromatic heterocycles. The van der Waals surface area contributed by atoms with Crippen LogP contribution in [0.4, 0.5) is 17.1 Å². The normalized spacial score (nSPS) is 13.5. The lowest BCUT2D eigenvalue weighted by molar-refractivity contribution is -0.384. The molecule has 1 heterocycles. The Hall–Kier alpha value is -3.98. The Kier molecular flexibility index (Phi) is 6.23. The Bertz CT molecular complexity index is 1320. The number of nitrogens with zero attached hydrogens (tertiary/aromatic N) is 2. The van der Waals surface area contributed by atoms with Crippen LogP contribution in [0.3, 0.4) is 0 Å². The largest absolute Gasteiger partial charge is 0.323 e. The summed E-state index contributed by atoms with van der Waals surface area (Å²) in [7, 11) is -3.72. The molecular weight excluding hydrogens is 442 g/mol. The molecule has 1 amide bonds. The molecular formula is C24H21N3O5S. The van der Waals surface area contributed by atoms with E-state index < -0.39 is 20.9 Å². The van der Waals surface area contributed by atoms with Crippen molar-refractivity contribution >= 4 is 39.1 Å². The fourth-order valence-corrected chi connectivity index (χ4v) is 5.19. The number of fused-ring (bicyclic) bond motifs is 1. The summed E-state index contributed by atoms with van der Waals surface area (Å²) in [5, 5.41) is 13.4. The van der Waals surface area contributed by atoms with Gasteiger partial charge < -0.3 is 5.32 Å². The monoisotopic (exact) mass is 463 g/mol. The number of anilines is 2. The first-order valence-electron chi connectivity index (χ1n) is 10.3. The second-order valence-electron chi connectivity index (χ2n) is 7.51. The number of nitro groups is 1. The lowest BCUT2D eigenvalue weighted by atomic mass is 10.0. The van der Waals surface area contributed by atoms with Gasteiger partial charge in [-0.15, -0.1) is 0 Å². The molecule has 4 rings (SSSR count). The maximum Gasteiger partial charge on any atom is 0.269 e. The van der Waals surface area contributed by atoms with E-state index in [4.69, 9.17) is 0 Å². The van der Waals surface area contributed by atoms with Crippen LogP contribution in [0.5, 0.6) is 0 Å². The van der Waals surface area contributed by atoms with Crippen LogP contribution in [0.2, 0.25) is 0 Å². The van der Waals surface area contributed by atoms with Crippen molar-refractivity contribution in [3.05, 3.63) is 100 Å². The van der Waals surface area contributed by atoms with Crippen molar-refractivity contribution in [3.8, 4) is 0 Å². The van der Waals surface area contributed by atoms with Crippen LogP contribution >= 0.6 is 0 Å². The molecule has 8 nitrogen and oxygen atoms in total. The van der Waals surface area contributed by atoms with Crippen molar-refractivity contribution in [3.63, 3.8) is 0 Å². The van der Waals surface area contributed by atoms with Crippen LogP contribution in [0.25, 0.3) is 6.08 Å². The van der Waals surface area contributed by atoms with Crippen LogP contribution in [-0.4, -0.2) is 25.8 Å². The topological polar surface area (TPSA) is 110 Å². The number of hydrogen-bond acceptors (Lipinski definition) is 5. The van der Waals surface area contributed by atoms with Crippen LogP contribution < -0.4 is 9.62 Å². The van der Waals surface area contributed by atoms with Gasteiger partial charge in [0, 0.05) is 30.4 Å². The number of para-hydroxylation sites is 1. The Morgan fingerprint density at radius 2 is 1.70 bits per heavy atom. The first-order valence-corrected chi connectivity index (χ1v) is 11.7. The first-order chi connectivity index (χ1) is 15.8. The Balaban J connectivity index is 1.44. The predicted molar refractivity (Wildman–Crippen MR) is 126 cm³/mol. The van der Waals surface area contributed by atoms with E-state index in [2.05, 4.69) is 5.32 Å². The van der Waals surface area contributed by atoms with E-state index >= 15 is 0 Å². The second-order valence-corrected chi connectivity index (χ2v) is 9.37. The maximum absolute atomic E-state index is 13.2. The van der Waals surface area contributed by atoms with Gasteiger partial charge in [-0.3, -0.25) is 19.2 Å². The van der Waals surface area contributed by atoms with Gasteiger partial charge in [0.15, 0.2) is 0 Å². The van der Waals surface area contributed by atoms with Crippen molar-refractivity contribution in [1.82, 2.24) is 0 Å². The van der Waals surface area contributed by atoms with Crippen LogP contribution in [0.15, 0.2) is 83.8 Å². The van der Waals surface area contributed by atoms with Crippen molar-refractivity contribution in [2.24, 2.45) is 0 Å².